The van der Waals surface area contributed by atoms with Crippen LogP contribution in [-0.4, -0.2) is 13.0 Å². The van der Waals surface area contributed by atoms with Crippen molar-refractivity contribution in [1.82, 2.24) is 0 Å². The molecular formula is C20H16ClN3O2. The Bertz CT molecular complexity index is 926. The molecule has 1 amide bonds. The summed E-state index contributed by atoms with van der Waals surface area (Å²) in [4.78, 5) is 12.4. The summed E-state index contributed by atoms with van der Waals surface area (Å²) >= 11 is 5.88. The van der Waals surface area contributed by atoms with Gasteiger partial charge in [0.2, 0.25) is 0 Å². The van der Waals surface area contributed by atoms with Gasteiger partial charge in [0, 0.05) is 10.6 Å². The molecule has 3 aromatic carbocycles. The molecule has 0 aliphatic heterocycles. The number of methoxy groups -OCH3 is 1. The van der Waals surface area contributed by atoms with Crippen molar-refractivity contribution in [3.63, 3.8) is 0 Å². The first-order valence-corrected chi connectivity index (χ1v) is 8.26. The number of anilines is 1. The van der Waals surface area contributed by atoms with Gasteiger partial charge >= 0.3 is 0 Å². The third-order valence-corrected chi connectivity index (χ3v) is 3.85. The van der Waals surface area contributed by atoms with E-state index in [1.54, 1.807) is 61.7 Å². The molecule has 0 aromatic heterocycles. The molecule has 3 aromatic rings. The number of benzene rings is 3. The number of halogens is 1. The topological polar surface area (TPSA) is 63.0 Å². The fourth-order valence-corrected chi connectivity index (χ4v) is 2.42. The fraction of sp³-hybridized carbons (Fsp3) is 0.0500. The number of rotatable bonds is 5. The van der Waals surface area contributed by atoms with E-state index in [2.05, 4.69) is 15.5 Å². The lowest BCUT2D eigenvalue weighted by molar-refractivity contribution is 0.102. The lowest BCUT2D eigenvalue weighted by Gasteiger charge is -2.11. The molecule has 0 heterocycles. The molecule has 3 rings (SSSR count). The van der Waals surface area contributed by atoms with E-state index in [1.807, 2.05) is 18.2 Å². The van der Waals surface area contributed by atoms with Crippen LogP contribution in [0.4, 0.5) is 17.1 Å². The number of carbonyl (C=O) groups is 1. The Hall–Kier alpha value is -3.18. The summed E-state index contributed by atoms with van der Waals surface area (Å²) in [6, 6.07) is 21.2. The van der Waals surface area contributed by atoms with E-state index in [0.29, 0.717) is 33.4 Å². The number of amides is 1. The maximum Gasteiger partial charge on any atom is 0.255 e. The number of hydrogen-bond acceptors (Lipinski definition) is 4. The molecular weight excluding hydrogens is 350 g/mol. The minimum absolute atomic E-state index is 0.234. The van der Waals surface area contributed by atoms with Crippen LogP contribution in [0.3, 0.4) is 0 Å². The average molecular weight is 366 g/mol. The predicted octanol–water partition coefficient (Wildman–Crippen LogP) is 6.02. The molecule has 0 aliphatic rings. The number of nitrogens with one attached hydrogen (secondary N) is 1. The van der Waals surface area contributed by atoms with Crippen molar-refractivity contribution in [3.05, 3.63) is 83.4 Å². The summed E-state index contributed by atoms with van der Waals surface area (Å²) in [5, 5.41) is 11.9. The quantitative estimate of drug-likeness (QED) is 0.562. The zero-order valence-corrected chi connectivity index (χ0v) is 14.8. The second kappa shape index (κ2) is 8.27. The van der Waals surface area contributed by atoms with E-state index in [-0.39, 0.29) is 5.91 Å². The number of ether oxygens (including phenoxy) is 1. The first-order valence-electron chi connectivity index (χ1n) is 7.88. The maximum atomic E-state index is 12.4. The van der Waals surface area contributed by atoms with Crippen LogP contribution in [0.25, 0.3) is 0 Å². The predicted molar refractivity (Wildman–Crippen MR) is 103 cm³/mol. The van der Waals surface area contributed by atoms with Crippen LogP contribution >= 0.6 is 11.6 Å². The first kappa shape index (κ1) is 17.6. The SMILES string of the molecule is COc1cccc(NC(=O)c2ccccc2)c1N=Nc1ccc(Cl)cc1. The molecule has 0 unspecified atom stereocenters. The van der Waals surface area contributed by atoms with Crippen molar-refractivity contribution in [2.45, 2.75) is 0 Å². The molecule has 26 heavy (non-hydrogen) atoms. The molecule has 0 atom stereocenters. The highest BCUT2D eigenvalue weighted by atomic mass is 35.5. The summed E-state index contributed by atoms with van der Waals surface area (Å²) in [6.45, 7) is 0. The lowest BCUT2D eigenvalue weighted by atomic mass is 10.2. The van der Waals surface area contributed by atoms with Gasteiger partial charge in [-0.1, -0.05) is 35.9 Å². The van der Waals surface area contributed by atoms with Crippen molar-refractivity contribution in [1.29, 1.82) is 0 Å². The summed E-state index contributed by atoms with van der Waals surface area (Å²) in [6.07, 6.45) is 0. The second-order valence-electron chi connectivity index (χ2n) is 5.35. The highest BCUT2D eigenvalue weighted by Gasteiger charge is 2.12. The monoisotopic (exact) mass is 365 g/mol. The van der Waals surface area contributed by atoms with Crippen LogP contribution < -0.4 is 10.1 Å². The fourth-order valence-electron chi connectivity index (χ4n) is 2.29. The van der Waals surface area contributed by atoms with Gasteiger partial charge in [-0.05, 0) is 48.5 Å². The van der Waals surface area contributed by atoms with Gasteiger partial charge in [-0.2, -0.15) is 5.11 Å². The highest BCUT2D eigenvalue weighted by Crippen LogP contribution is 2.36. The molecule has 0 aliphatic carbocycles. The van der Waals surface area contributed by atoms with Gasteiger partial charge in [-0.3, -0.25) is 4.79 Å². The summed E-state index contributed by atoms with van der Waals surface area (Å²) in [7, 11) is 1.54. The third-order valence-electron chi connectivity index (χ3n) is 3.60. The number of azo groups is 1. The first-order chi connectivity index (χ1) is 12.7. The summed E-state index contributed by atoms with van der Waals surface area (Å²) in [5.41, 5.74) is 2.14. The van der Waals surface area contributed by atoms with Gasteiger partial charge in [-0.15, -0.1) is 5.11 Å². The molecule has 0 radical (unpaired) electrons. The van der Waals surface area contributed by atoms with E-state index >= 15 is 0 Å². The molecule has 130 valence electrons. The van der Waals surface area contributed by atoms with Crippen molar-refractivity contribution in [2.75, 3.05) is 12.4 Å². The second-order valence-corrected chi connectivity index (χ2v) is 5.79. The van der Waals surface area contributed by atoms with Crippen LogP contribution in [0.15, 0.2) is 83.0 Å². The average Bonchev–Trinajstić information content (AvgIpc) is 2.68. The van der Waals surface area contributed by atoms with Crippen molar-refractivity contribution in [2.24, 2.45) is 10.2 Å². The number of carbonyl (C=O) groups excluding carboxylic acids is 1. The Kier molecular flexibility index (Phi) is 5.61. The third kappa shape index (κ3) is 4.26. The van der Waals surface area contributed by atoms with Crippen LogP contribution in [0.2, 0.25) is 5.02 Å². The Balaban J connectivity index is 1.91. The van der Waals surface area contributed by atoms with E-state index in [9.17, 15) is 4.79 Å². The van der Waals surface area contributed by atoms with Crippen molar-refractivity contribution in [3.8, 4) is 5.75 Å². The Morgan fingerprint density at radius 2 is 1.65 bits per heavy atom. The Labute approximate surface area is 156 Å². The minimum atomic E-state index is -0.234. The van der Waals surface area contributed by atoms with E-state index in [4.69, 9.17) is 16.3 Å². The van der Waals surface area contributed by atoms with Crippen LogP contribution in [0.1, 0.15) is 10.4 Å². The zero-order chi connectivity index (χ0) is 18.4. The molecule has 0 fully saturated rings. The maximum absolute atomic E-state index is 12.4. The van der Waals surface area contributed by atoms with Crippen LogP contribution in [-0.2, 0) is 0 Å². The number of hydrogen-bond donors (Lipinski definition) is 1. The van der Waals surface area contributed by atoms with Gasteiger partial charge in [0.25, 0.3) is 5.91 Å². The Morgan fingerprint density at radius 1 is 0.923 bits per heavy atom. The van der Waals surface area contributed by atoms with Gasteiger partial charge in [0.15, 0.2) is 5.69 Å². The van der Waals surface area contributed by atoms with Crippen LogP contribution in [0, 0.1) is 0 Å². The van der Waals surface area contributed by atoms with Gasteiger partial charge in [0.1, 0.15) is 5.75 Å². The zero-order valence-electron chi connectivity index (χ0n) is 14.0. The molecule has 1 N–H and O–H groups in total. The summed E-state index contributed by atoms with van der Waals surface area (Å²) in [5.74, 6) is 0.273. The standard InChI is InChI=1S/C20H16ClN3O2/c1-26-18-9-5-8-17(22-20(25)14-6-3-2-4-7-14)19(18)24-23-16-12-10-15(21)11-13-16/h2-13H,1H3,(H,22,25). The van der Waals surface area contributed by atoms with E-state index in [1.165, 1.54) is 0 Å². The highest BCUT2D eigenvalue weighted by molar-refractivity contribution is 6.30. The number of nitrogens with zero attached hydrogens (tertiary/aromatic N) is 2. The molecule has 6 heteroatoms. The largest absolute Gasteiger partial charge is 0.494 e. The van der Waals surface area contributed by atoms with Crippen LogP contribution in [0.5, 0.6) is 5.75 Å². The van der Waals surface area contributed by atoms with Gasteiger partial charge in [-0.25, -0.2) is 0 Å². The van der Waals surface area contributed by atoms with Gasteiger partial charge in [0.05, 0.1) is 18.5 Å². The minimum Gasteiger partial charge on any atom is -0.494 e. The van der Waals surface area contributed by atoms with E-state index < -0.39 is 0 Å². The summed E-state index contributed by atoms with van der Waals surface area (Å²) < 4.78 is 5.35. The van der Waals surface area contributed by atoms with Crippen molar-refractivity contribution >= 4 is 34.6 Å². The smallest absolute Gasteiger partial charge is 0.255 e. The Morgan fingerprint density at radius 3 is 2.35 bits per heavy atom. The molecule has 0 bridgehead atoms. The molecule has 0 saturated heterocycles. The molecule has 5 nitrogen and oxygen atoms in total. The molecule has 0 spiro atoms. The normalized spacial score (nSPS) is 10.7. The van der Waals surface area contributed by atoms with E-state index in [0.717, 1.165) is 0 Å². The lowest BCUT2D eigenvalue weighted by Crippen LogP contribution is -2.11. The molecule has 0 saturated carbocycles. The van der Waals surface area contributed by atoms with Gasteiger partial charge < -0.3 is 10.1 Å². The van der Waals surface area contributed by atoms with Crippen molar-refractivity contribution < 1.29 is 9.53 Å².